The highest BCUT2D eigenvalue weighted by Crippen LogP contribution is 2.15. The fourth-order valence-electron chi connectivity index (χ4n) is 4.12. The van der Waals surface area contributed by atoms with E-state index in [4.69, 9.17) is 18.9 Å². The van der Waals surface area contributed by atoms with Gasteiger partial charge in [0, 0.05) is 6.42 Å². The van der Waals surface area contributed by atoms with E-state index in [-0.39, 0.29) is 51.8 Å². The van der Waals surface area contributed by atoms with Crippen LogP contribution in [0.1, 0.15) is 82.6 Å². The van der Waals surface area contributed by atoms with Crippen LogP contribution in [0.2, 0.25) is 0 Å². The number of ether oxygens (including phenoxy) is 4. The predicted octanol–water partition coefficient (Wildman–Crippen LogP) is 4.69. The monoisotopic (exact) mass is 704 g/mol. The molecule has 1 atom stereocenters. The van der Waals surface area contributed by atoms with Crippen molar-refractivity contribution in [3.05, 3.63) is 60.2 Å². The second-order valence-corrected chi connectivity index (χ2v) is 10.5. The molecule has 0 saturated carbocycles. The largest absolute Gasteiger partial charge is 0.513 e. The van der Waals surface area contributed by atoms with Crippen molar-refractivity contribution >= 4 is 18.2 Å². The van der Waals surface area contributed by atoms with Crippen molar-refractivity contribution in [1.82, 2.24) is 5.32 Å². The Balaban J connectivity index is 2.54. The number of carbonyl (C=O) groups is 3. The van der Waals surface area contributed by atoms with Crippen molar-refractivity contribution < 1.29 is 63.1 Å². The van der Waals surface area contributed by atoms with Crippen LogP contribution in [0.4, 0.5) is 9.59 Å². The van der Waals surface area contributed by atoms with Gasteiger partial charge in [0.15, 0.2) is 0 Å². The van der Waals surface area contributed by atoms with Gasteiger partial charge in [-0.15, -0.1) is 30.3 Å². The number of unbranched alkanes of at least 4 members (excludes halogenated alkanes) is 9. The maximum Gasteiger partial charge on any atom is 0.513 e. The maximum atomic E-state index is 12.9. The third kappa shape index (κ3) is 24.6. The molecule has 1 aromatic rings. The van der Waals surface area contributed by atoms with Gasteiger partial charge >= 0.3 is 18.2 Å². The number of esters is 1. The third-order valence-corrected chi connectivity index (χ3v) is 6.54. The Morgan fingerprint density at radius 2 is 0.980 bits per heavy atom. The molecule has 1 amide bonds. The van der Waals surface area contributed by atoms with Crippen LogP contribution in [0, 0.1) is 30.3 Å². The van der Waals surface area contributed by atoms with Crippen molar-refractivity contribution in [2.75, 3.05) is 39.6 Å². The first kappa shape index (κ1) is 41.9. The summed E-state index contributed by atoms with van der Waals surface area (Å²) in [5, 5.41) is 30.4. The average Bonchev–Trinajstić information content (AvgIpc) is 3.04. The Morgan fingerprint density at radius 3 is 1.43 bits per heavy atom. The van der Waals surface area contributed by atoms with Gasteiger partial charge in [-0.05, 0) is 75.5 Å². The van der Waals surface area contributed by atoms with Crippen molar-refractivity contribution in [3.63, 3.8) is 0 Å². The lowest BCUT2D eigenvalue weighted by Gasteiger charge is -2.18. The first-order valence-corrected chi connectivity index (χ1v) is 15.9. The number of carbonyl (C=O) groups excluding carboxylic acids is 3. The summed E-state index contributed by atoms with van der Waals surface area (Å²) < 4.78 is 20.7. The Hall–Kier alpha value is -5.17. The molecule has 0 aliphatic rings. The van der Waals surface area contributed by atoms with Crippen LogP contribution in [0.3, 0.4) is 0 Å². The lowest BCUT2D eigenvalue weighted by molar-refractivity contribution is -0.757. The van der Waals surface area contributed by atoms with E-state index in [0.29, 0.717) is 82.6 Å². The van der Waals surface area contributed by atoms with Gasteiger partial charge in [-0.25, -0.2) is 14.4 Å². The molecule has 0 aromatic heterocycles. The molecule has 49 heavy (non-hydrogen) atoms. The van der Waals surface area contributed by atoms with Gasteiger partial charge in [0.05, 0.1) is 39.6 Å². The number of amides is 1. The number of alkyl carbamates (subject to hydrolysis) is 1. The molecule has 20 heteroatoms. The molecule has 20 nitrogen and oxygen atoms in total. The molecule has 0 heterocycles. The van der Waals surface area contributed by atoms with Crippen LogP contribution in [0.5, 0.6) is 5.75 Å². The molecule has 1 rings (SSSR count). The fraction of sp³-hybridized carbons (Fsp3) is 0.690. The van der Waals surface area contributed by atoms with Gasteiger partial charge in [-0.2, -0.15) is 0 Å². The zero-order chi connectivity index (χ0) is 36.1. The summed E-state index contributed by atoms with van der Waals surface area (Å²) >= 11 is 0. The van der Waals surface area contributed by atoms with Crippen molar-refractivity contribution in [2.24, 2.45) is 0 Å². The molecule has 276 valence electrons. The van der Waals surface area contributed by atoms with E-state index in [1.165, 1.54) is 12.1 Å². The molecule has 1 unspecified atom stereocenters. The van der Waals surface area contributed by atoms with E-state index in [1.807, 2.05) is 0 Å². The Morgan fingerprint density at radius 1 is 0.571 bits per heavy atom. The van der Waals surface area contributed by atoms with E-state index < -0.39 is 39.5 Å². The predicted molar refractivity (Wildman–Crippen MR) is 166 cm³/mol. The summed E-state index contributed by atoms with van der Waals surface area (Å²) in [4.78, 5) is 80.5. The average molecular weight is 705 g/mol. The van der Waals surface area contributed by atoms with Crippen LogP contribution < -0.4 is 10.1 Å². The number of benzene rings is 1. The highest BCUT2D eigenvalue weighted by Gasteiger charge is 2.24. The smallest absolute Gasteiger partial charge is 0.464 e. The normalized spacial score (nSPS) is 11.0. The minimum Gasteiger partial charge on any atom is -0.464 e. The Bertz CT molecular complexity index is 1140. The second kappa shape index (κ2) is 26.9. The summed E-state index contributed by atoms with van der Waals surface area (Å²) in [5.74, 6) is -0.514. The summed E-state index contributed by atoms with van der Waals surface area (Å²) in [6, 6.07) is 5.07. The molecule has 0 aliphatic carbocycles. The number of hydrogen-bond donors (Lipinski definition) is 1. The number of rotatable bonds is 29. The zero-order valence-electron chi connectivity index (χ0n) is 27.2. The van der Waals surface area contributed by atoms with Gasteiger partial charge in [-0.3, -0.25) is 0 Å². The molecule has 0 saturated heterocycles. The molecular weight excluding hydrogens is 660 g/mol. The van der Waals surface area contributed by atoms with Crippen molar-refractivity contribution in [2.45, 2.75) is 89.5 Å². The maximum absolute atomic E-state index is 12.9. The van der Waals surface area contributed by atoms with Gasteiger partial charge in [0.1, 0.15) is 11.8 Å². The molecule has 0 bridgehead atoms. The molecule has 0 radical (unpaired) electrons. The van der Waals surface area contributed by atoms with Gasteiger partial charge in [0.25, 0.3) is 15.3 Å². The summed E-state index contributed by atoms with van der Waals surface area (Å²) in [7, 11) is 0. The SMILES string of the molecule is O=C(NC(Cc1ccc(OC(=O)OCCCCCCO[N+](=O)[O-])cc1)C(=O)OCCCCCCO[N+](=O)[O-])OCCCCCCO[N+](=O)[O-]. The first-order valence-electron chi connectivity index (χ1n) is 15.9. The van der Waals surface area contributed by atoms with Gasteiger partial charge < -0.3 is 38.8 Å². The van der Waals surface area contributed by atoms with E-state index >= 15 is 0 Å². The quantitative estimate of drug-likeness (QED) is 0.0296. The van der Waals surface area contributed by atoms with E-state index in [1.54, 1.807) is 12.1 Å². The topological polar surface area (TPSA) is 257 Å². The highest BCUT2D eigenvalue weighted by atomic mass is 17.0. The van der Waals surface area contributed by atoms with Crippen LogP contribution in [-0.2, 0) is 39.9 Å². The van der Waals surface area contributed by atoms with Gasteiger partial charge in [0.2, 0.25) is 0 Å². The standard InChI is InChI=1S/C29H44N4O16/c34-27(43-17-7-1-4-10-20-46-31(37)38)26(30-28(35)44-18-8-2-5-11-21-47-32(39)40)23-24-13-15-25(16-14-24)49-29(36)45-19-9-3-6-12-22-48-33(41)42/h13-16,26H,1-12,17-23H2,(H,30,35). The number of nitrogens with zero attached hydrogens (tertiary/aromatic N) is 3. The number of nitrogens with one attached hydrogen (secondary N) is 1. The summed E-state index contributed by atoms with van der Waals surface area (Å²) in [6.45, 7) is 0.205. The summed E-state index contributed by atoms with van der Waals surface area (Å²) in [6.07, 6.45) is 5.17. The fourth-order valence-corrected chi connectivity index (χ4v) is 4.12. The lowest BCUT2D eigenvalue weighted by Crippen LogP contribution is -2.43. The third-order valence-electron chi connectivity index (χ3n) is 6.54. The van der Waals surface area contributed by atoms with Crippen molar-refractivity contribution in [1.29, 1.82) is 0 Å². The molecule has 0 fully saturated rings. The zero-order valence-corrected chi connectivity index (χ0v) is 27.2. The summed E-state index contributed by atoms with van der Waals surface area (Å²) in [5.41, 5.74) is 0.603. The molecule has 1 N–H and O–H groups in total. The van der Waals surface area contributed by atoms with Crippen LogP contribution in [-0.4, -0.2) is 79.2 Å². The Kier molecular flexibility index (Phi) is 22.9. The second-order valence-electron chi connectivity index (χ2n) is 10.5. The minimum absolute atomic E-state index is 0.0100. The van der Waals surface area contributed by atoms with E-state index in [0.717, 1.165) is 0 Å². The van der Waals surface area contributed by atoms with Crippen LogP contribution in [0.25, 0.3) is 0 Å². The molecule has 1 aromatic carbocycles. The molecule has 0 aliphatic heterocycles. The van der Waals surface area contributed by atoms with Crippen molar-refractivity contribution in [3.8, 4) is 5.75 Å². The van der Waals surface area contributed by atoms with Crippen LogP contribution >= 0.6 is 0 Å². The van der Waals surface area contributed by atoms with Crippen LogP contribution in [0.15, 0.2) is 24.3 Å². The molecular formula is C29H44N4O16. The number of hydrogen-bond acceptors (Lipinski definition) is 16. The highest BCUT2D eigenvalue weighted by molar-refractivity contribution is 5.81. The first-order chi connectivity index (χ1) is 23.6. The van der Waals surface area contributed by atoms with Gasteiger partial charge in [-0.1, -0.05) is 31.4 Å². The molecule has 0 spiro atoms. The van der Waals surface area contributed by atoms with E-state index in [2.05, 4.69) is 19.8 Å². The Labute approximate surface area is 281 Å². The van der Waals surface area contributed by atoms with E-state index in [9.17, 15) is 44.7 Å². The lowest BCUT2D eigenvalue weighted by atomic mass is 10.1. The minimum atomic E-state index is -1.11.